The average molecular weight is 484 g/mol. The maximum absolute atomic E-state index is 13.2. The van der Waals surface area contributed by atoms with Gasteiger partial charge >= 0.3 is 11.9 Å². The lowest BCUT2D eigenvalue weighted by Gasteiger charge is -2.26. The average Bonchev–Trinajstić information content (AvgIpc) is 3.28. The lowest BCUT2D eigenvalue weighted by molar-refractivity contribution is -0.140. The van der Waals surface area contributed by atoms with E-state index < -0.39 is 29.7 Å². The van der Waals surface area contributed by atoms with Crippen molar-refractivity contribution in [2.24, 2.45) is 0 Å². The Kier molecular flexibility index (Phi) is 7.45. The van der Waals surface area contributed by atoms with E-state index >= 15 is 0 Å². The number of methoxy groups -OCH3 is 2. The molecule has 35 heavy (non-hydrogen) atoms. The predicted molar refractivity (Wildman–Crippen MR) is 127 cm³/mol. The van der Waals surface area contributed by atoms with Crippen LogP contribution in [0.15, 0.2) is 29.8 Å². The molecule has 1 atom stereocenters. The molecule has 186 valence electrons. The molecular formula is C25H29N3O7. The maximum Gasteiger partial charge on any atom is 0.354 e. The van der Waals surface area contributed by atoms with Gasteiger partial charge in [0.25, 0.3) is 11.7 Å². The zero-order chi connectivity index (χ0) is 26.0. The van der Waals surface area contributed by atoms with Crippen molar-refractivity contribution < 1.29 is 33.8 Å². The van der Waals surface area contributed by atoms with E-state index in [1.807, 2.05) is 19.0 Å². The van der Waals surface area contributed by atoms with E-state index in [2.05, 4.69) is 4.98 Å². The number of rotatable bonds is 7. The van der Waals surface area contributed by atoms with Gasteiger partial charge in [-0.2, -0.15) is 0 Å². The van der Waals surface area contributed by atoms with Crippen molar-refractivity contribution in [3.63, 3.8) is 0 Å². The Morgan fingerprint density at radius 2 is 1.66 bits per heavy atom. The highest BCUT2D eigenvalue weighted by Gasteiger charge is 2.46. The SMILES string of the molecule is COC(=O)c1ccc(C2/C(=C(/O)c3c(C)[nH]c(C(=O)OC)c3C)C(=O)C(=O)N2CCN(C)C)cc1. The lowest BCUT2D eigenvalue weighted by atomic mass is 9.93. The summed E-state index contributed by atoms with van der Waals surface area (Å²) in [5, 5.41) is 11.4. The highest BCUT2D eigenvalue weighted by atomic mass is 16.5. The number of nitrogens with one attached hydrogen (secondary N) is 1. The van der Waals surface area contributed by atoms with Crippen LogP contribution in [0.5, 0.6) is 0 Å². The van der Waals surface area contributed by atoms with Gasteiger partial charge < -0.3 is 29.4 Å². The molecule has 1 fully saturated rings. The molecule has 1 aromatic carbocycles. The topological polar surface area (TPSA) is 129 Å². The number of benzene rings is 1. The third kappa shape index (κ3) is 4.69. The van der Waals surface area contributed by atoms with Gasteiger partial charge in [0.1, 0.15) is 11.5 Å². The van der Waals surface area contributed by atoms with Crippen molar-refractivity contribution in [1.82, 2.24) is 14.8 Å². The van der Waals surface area contributed by atoms with Gasteiger partial charge in [-0.1, -0.05) is 12.1 Å². The molecule has 0 spiro atoms. The van der Waals surface area contributed by atoms with Crippen LogP contribution in [0.2, 0.25) is 0 Å². The molecular weight excluding hydrogens is 454 g/mol. The van der Waals surface area contributed by atoms with Crippen LogP contribution in [0, 0.1) is 13.8 Å². The molecule has 0 radical (unpaired) electrons. The molecule has 1 unspecified atom stereocenters. The molecule has 2 aromatic rings. The molecule has 10 heteroatoms. The summed E-state index contributed by atoms with van der Waals surface area (Å²) < 4.78 is 9.53. The van der Waals surface area contributed by atoms with Crippen molar-refractivity contribution in [2.45, 2.75) is 19.9 Å². The number of esters is 2. The van der Waals surface area contributed by atoms with E-state index in [0.29, 0.717) is 28.9 Å². The van der Waals surface area contributed by atoms with E-state index in [4.69, 9.17) is 9.47 Å². The number of ether oxygens (including phenoxy) is 2. The fourth-order valence-corrected chi connectivity index (χ4v) is 4.23. The normalized spacial score (nSPS) is 17.2. The number of aromatic nitrogens is 1. The van der Waals surface area contributed by atoms with Gasteiger partial charge in [-0.3, -0.25) is 9.59 Å². The number of Topliss-reactive ketones (excluding diaryl/α,β-unsaturated/α-hetero) is 1. The van der Waals surface area contributed by atoms with Crippen molar-refractivity contribution in [2.75, 3.05) is 41.4 Å². The molecule has 1 aliphatic heterocycles. The number of nitrogens with zero attached hydrogens (tertiary/aromatic N) is 2. The van der Waals surface area contributed by atoms with Crippen molar-refractivity contribution in [3.05, 3.63) is 63.5 Å². The monoisotopic (exact) mass is 483 g/mol. The maximum atomic E-state index is 13.2. The minimum Gasteiger partial charge on any atom is -0.507 e. The molecule has 0 bridgehead atoms. The van der Waals surface area contributed by atoms with Gasteiger partial charge in [-0.15, -0.1) is 0 Å². The van der Waals surface area contributed by atoms with Crippen LogP contribution in [0.1, 0.15) is 49.3 Å². The molecule has 10 nitrogen and oxygen atoms in total. The second-order valence-corrected chi connectivity index (χ2v) is 8.53. The van der Waals surface area contributed by atoms with Crippen LogP contribution >= 0.6 is 0 Å². The van der Waals surface area contributed by atoms with Crippen molar-refractivity contribution in [1.29, 1.82) is 0 Å². The Hall–Kier alpha value is -3.92. The van der Waals surface area contributed by atoms with E-state index in [-0.39, 0.29) is 29.1 Å². The largest absolute Gasteiger partial charge is 0.507 e. The Balaban J connectivity index is 2.21. The van der Waals surface area contributed by atoms with Gasteiger partial charge in [-0.25, -0.2) is 9.59 Å². The number of ketones is 1. The Morgan fingerprint density at radius 1 is 1.06 bits per heavy atom. The summed E-state index contributed by atoms with van der Waals surface area (Å²) in [5.74, 6) is -3.10. The lowest BCUT2D eigenvalue weighted by Crippen LogP contribution is -2.35. The number of aliphatic hydroxyl groups excluding tert-OH is 1. The van der Waals surface area contributed by atoms with Gasteiger partial charge in [0.2, 0.25) is 0 Å². The summed E-state index contributed by atoms with van der Waals surface area (Å²) in [7, 11) is 6.21. The highest BCUT2D eigenvalue weighted by molar-refractivity contribution is 6.46. The zero-order valence-electron chi connectivity index (χ0n) is 20.6. The van der Waals surface area contributed by atoms with Crippen LogP contribution in [-0.4, -0.2) is 84.9 Å². The Morgan fingerprint density at radius 3 is 2.20 bits per heavy atom. The van der Waals surface area contributed by atoms with Crippen LogP contribution in [-0.2, 0) is 19.1 Å². The first-order valence-corrected chi connectivity index (χ1v) is 10.9. The minimum atomic E-state index is -0.892. The quantitative estimate of drug-likeness (QED) is 0.265. The van der Waals surface area contributed by atoms with Crippen LogP contribution in [0.4, 0.5) is 0 Å². The zero-order valence-corrected chi connectivity index (χ0v) is 20.6. The van der Waals surface area contributed by atoms with Crippen molar-refractivity contribution in [3.8, 4) is 0 Å². The fourth-order valence-electron chi connectivity index (χ4n) is 4.23. The van der Waals surface area contributed by atoms with Crippen LogP contribution in [0.3, 0.4) is 0 Å². The molecule has 2 N–H and O–H groups in total. The van der Waals surface area contributed by atoms with Crippen LogP contribution in [0.25, 0.3) is 5.76 Å². The summed E-state index contributed by atoms with van der Waals surface area (Å²) in [6, 6.07) is 5.42. The number of likely N-dealkylation sites (N-methyl/N-ethyl adjacent to an activating group) is 1. The smallest absolute Gasteiger partial charge is 0.354 e. The Bertz CT molecular complexity index is 1210. The van der Waals surface area contributed by atoms with Gasteiger partial charge in [0.05, 0.1) is 31.4 Å². The van der Waals surface area contributed by atoms with E-state index in [9.17, 15) is 24.3 Å². The molecule has 1 saturated heterocycles. The standard InChI is InChI=1S/C25H29N3O7/c1-13-17(14(2)26-19(13)25(33)35-6)21(29)18-20(15-7-9-16(10-8-15)24(32)34-5)28(12-11-27(3)4)23(31)22(18)30/h7-10,20,26,29H,11-12H2,1-6H3/b21-18-. The molecule has 1 amide bonds. The third-order valence-electron chi connectivity index (χ3n) is 6.04. The van der Waals surface area contributed by atoms with E-state index in [1.165, 1.54) is 31.3 Å². The van der Waals surface area contributed by atoms with E-state index in [0.717, 1.165) is 0 Å². The van der Waals surface area contributed by atoms with Gasteiger partial charge in [0, 0.05) is 24.3 Å². The first-order chi connectivity index (χ1) is 16.5. The van der Waals surface area contributed by atoms with E-state index in [1.54, 1.807) is 26.0 Å². The number of amides is 1. The van der Waals surface area contributed by atoms with Crippen molar-refractivity contribution >= 4 is 29.4 Å². The number of aliphatic hydroxyl groups is 1. The summed E-state index contributed by atoms with van der Waals surface area (Å²) in [4.78, 5) is 56.4. The minimum absolute atomic E-state index is 0.0961. The number of H-pyrrole nitrogens is 1. The second-order valence-electron chi connectivity index (χ2n) is 8.53. The number of aromatic amines is 1. The van der Waals surface area contributed by atoms with Crippen LogP contribution < -0.4 is 0 Å². The second kappa shape index (κ2) is 10.1. The van der Waals surface area contributed by atoms with Gasteiger partial charge in [0.15, 0.2) is 0 Å². The number of hydrogen-bond acceptors (Lipinski definition) is 8. The first-order valence-electron chi connectivity index (χ1n) is 10.9. The molecule has 1 aromatic heterocycles. The predicted octanol–water partition coefficient (Wildman–Crippen LogP) is 2.19. The number of hydrogen-bond donors (Lipinski definition) is 2. The third-order valence-corrected chi connectivity index (χ3v) is 6.04. The molecule has 1 aliphatic rings. The summed E-state index contributed by atoms with van der Waals surface area (Å²) in [6.07, 6.45) is 0. The number of carbonyl (C=O) groups is 4. The molecule has 3 rings (SSSR count). The molecule has 2 heterocycles. The number of aryl methyl sites for hydroxylation is 1. The fraction of sp³-hybridized carbons (Fsp3) is 0.360. The summed E-state index contributed by atoms with van der Waals surface area (Å²) in [5.41, 5.74) is 1.99. The highest BCUT2D eigenvalue weighted by Crippen LogP contribution is 2.40. The summed E-state index contributed by atoms with van der Waals surface area (Å²) >= 11 is 0. The molecule has 0 saturated carbocycles. The molecule has 0 aliphatic carbocycles. The number of likely N-dealkylation sites (tertiary alicyclic amines) is 1. The Labute approximate surface area is 203 Å². The first kappa shape index (κ1) is 25.7. The number of carbonyl (C=O) groups excluding carboxylic acids is 4. The summed E-state index contributed by atoms with van der Waals surface area (Å²) in [6.45, 7) is 3.98. The van der Waals surface area contributed by atoms with Gasteiger partial charge in [-0.05, 0) is 51.2 Å².